The van der Waals surface area contributed by atoms with Gasteiger partial charge in [0.15, 0.2) is 0 Å². The summed E-state index contributed by atoms with van der Waals surface area (Å²) in [4.78, 5) is 0. The van der Waals surface area contributed by atoms with Crippen LogP contribution < -0.4 is 4.72 Å². The lowest BCUT2D eigenvalue weighted by Crippen LogP contribution is -2.09. The second-order valence-corrected chi connectivity index (χ2v) is 5.47. The molecule has 0 amide bonds. The maximum atomic E-state index is 11.1. The molecule has 0 radical (unpaired) electrons. The van der Waals surface area contributed by atoms with Gasteiger partial charge in [0, 0.05) is 12.1 Å². The minimum atomic E-state index is -3.24. The normalized spacial score (nSPS) is 10.9. The SMILES string of the molecule is C=C(Cc1cccc(NS(C)(=O)=O)c1)OCC. The van der Waals surface area contributed by atoms with Gasteiger partial charge < -0.3 is 4.74 Å². The number of rotatable bonds is 6. The zero-order chi connectivity index (χ0) is 12.9. The molecule has 94 valence electrons. The molecule has 0 saturated heterocycles. The molecule has 0 aromatic heterocycles. The van der Waals surface area contributed by atoms with Crippen molar-refractivity contribution in [1.82, 2.24) is 0 Å². The van der Waals surface area contributed by atoms with Crippen molar-refractivity contribution in [1.29, 1.82) is 0 Å². The fourth-order valence-electron chi connectivity index (χ4n) is 1.44. The van der Waals surface area contributed by atoms with Crippen LogP contribution in [0.1, 0.15) is 12.5 Å². The van der Waals surface area contributed by atoms with Crippen LogP contribution in [0.5, 0.6) is 0 Å². The zero-order valence-electron chi connectivity index (χ0n) is 10.1. The van der Waals surface area contributed by atoms with Gasteiger partial charge >= 0.3 is 0 Å². The zero-order valence-corrected chi connectivity index (χ0v) is 10.9. The molecule has 0 saturated carbocycles. The first-order valence-electron chi connectivity index (χ1n) is 5.28. The molecule has 0 bridgehead atoms. The maximum absolute atomic E-state index is 11.1. The number of hydrogen-bond donors (Lipinski definition) is 1. The Morgan fingerprint density at radius 1 is 1.47 bits per heavy atom. The van der Waals surface area contributed by atoms with Crippen LogP contribution in [0.15, 0.2) is 36.6 Å². The molecule has 1 aromatic rings. The van der Waals surface area contributed by atoms with Gasteiger partial charge in [0.1, 0.15) is 0 Å². The van der Waals surface area contributed by atoms with Crippen LogP contribution in [0.2, 0.25) is 0 Å². The minimum absolute atomic E-state index is 0.550. The van der Waals surface area contributed by atoms with Crippen molar-refractivity contribution in [3.63, 3.8) is 0 Å². The fourth-order valence-corrected chi connectivity index (χ4v) is 2.00. The Hall–Kier alpha value is -1.49. The third kappa shape index (κ3) is 5.40. The molecule has 4 nitrogen and oxygen atoms in total. The highest BCUT2D eigenvalue weighted by atomic mass is 32.2. The van der Waals surface area contributed by atoms with Crippen molar-refractivity contribution >= 4 is 15.7 Å². The van der Waals surface area contributed by atoms with E-state index in [0.29, 0.717) is 24.5 Å². The van der Waals surface area contributed by atoms with Crippen LogP contribution in [-0.4, -0.2) is 21.3 Å². The summed E-state index contributed by atoms with van der Waals surface area (Å²) in [5.41, 5.74) is 1.51. The number of hydrogen-bond acceptors (Lipinski definition) is 3. The number of benzene rings is 1. The summed E-state index contributed by atoms with van der Waals surface area (Å²) in [7, 11) is -3.24. The van der Waals surface area contributed by atoms with Gasteiger partial charge in [0.2, 0.25) is 10.0 Å². The van der Waals surface area contributed by atoms with Crippen molar-refractivity contribution in [2.45, 2.75) is 13.3 Å². The lowest BCUT2D eigenvalue weighted by molar-refractivity contribution is 0.225. The highest BCUT2D eigenvalue weighted by Crippen LogP contribution is 2.15. The number of nitrogens with one attached hydrogen (secondary N) is 1. The minimum Gasteiger partial charge on any atom is -0.498 e. The van der Waals surface area contributed by atoms with E-state index in [-0.39, 0.29) is 0 Å². The number of sulfonamides is 1. The topological polar surface area (TPSA) is 55.4 Å². The molecule has 0 aliphatic carbocycles. The monoisotopic (exact) mass is 255 g/mol. The summed E-state index contributed by atoms with van der Waals surface area (Å²) in [6.45, 7) is 6.26. The Morgan fingerprint density at radius 3 is 2.76 bits per heavy atom. The lowest BCUT2D eigenvalue weighted by Gasteiger charge is -2.09. The molecule has 0 spiro atoms. The summed E-state index contributed by atoms with van der Waals surface area (Å²) < 4.78 is 29.8. The molecule has 5 heteroatoms. The van der Waals surface area contributed by atoms with E-state index in [0.717, 1.165) is 11.8 Å². The first-order valence-corrected chi connectivity index (χ1v) is 7.17. The summed E-state index contributed by atoms with van der Waals surface area (Å²) >= 11 is 0. The largest absolute Gasteiger partial charge is 0.498 e. The summed E-state index contributed by atoms with van der Waals surface area (Å²) in [5, 5.41) is 0. The van der Waals surface area contributed by atoms with Crippen LogP contribution in [0.3, 0.4) is 0 Å². The van der Waals surface area contributed by atoms with E-state index in [1.807, 2.05) is 13.0 Å². The molecule has 1 N–H and O–H groups in total. The predicted octanol–water partition coefficient (Wildman–Crippen LogP) is 2.15. The summed E-state index contributed by atoms with van der Waals surface area (Å²) in [5.74, 6) is 0.670. The van der Waals surface area contributed by atoms with E-state index in [1.54, 1.807) is 18.2 Å². The standard InChI is InChI=1S/C12H17NO3S/c1-4-16-10(2)8-11-6-5-7-12(9-11)13-17(3,14)15/h5-7,9,13H,2,4,8H2,1,3H3. The van der Waals surface area contributed by atoms with Crippen LogP contribution in [-0.2, 0) is 21.2 Å². The number of anilines is 1. The van der Waals surface area contributed by atoms with Gasteiger partial charge in [-0.15, -0.1) is 0 Å². The van der Waals surface area contributed by atoms with E-state index in [2.05, 4.69) is 11.3 Å². The van der Waals surface area contributed by atoms with Crippen molar-refractivity contribution in [3.05, 3.63) is 42.2 Å². The first-order chi connectivity index (χ1) is 7.90. The third-order valence-corrected chi connectivity index (χ3v) is 2.59. The highest BCUT2D eigenvalue weighted by molar-refractivity contribution is 7.92. The molecule has 0 fully saturated rings. The van der Waals surface area contributed by atoms with Crippen LogP contribution in [0.4, 0.5) is 5.69 Å². The Kier molecular flexibility index (Phi) is 4.57. The maximum Gasteiger partial charge on any atom is 0.229 e. The Balaban J connectivity index is 2.76. The van der Waals surface area contributed by atoms with Crippen molar-refractivity contribution in [2.24, 2.45) is 0 Å². The molecule has 17 heavy (non-hydrogen) atoms. The Morgan fingerprint density at radius 2 is 2.18 bits per heavy atom. The van der Waals surface area contributed by atoms with Gasteiger partial charge in [-0.25, -0.2) is 8.42 Å². The van der Waals surface area contributed by atoms with E-state index in [4.69, 9.17) is 4.74 Å². The Labute approximate surface area is 102 Å². The predicted molar refractivity (Wildman–Crippen MR) is 69.4 cm³/mol. The molecular formula is C12H17NO3S. The molecule has 0 unspecified atom stereocenters. The summed E-state index contributed by atoms with van der Waals surface area (Å²) in [6, 6.07) is 7.17. The van der Waals surface area contributed by atoms with E-state index < -0.39 is 10.0 Å². The molecule has 0 aliphatic heterocycles. The van der Waals surface area contributed by atoms with Gasteiger partial charge in [0.25, 0.3) is 0 Å². The second kappa shape index (κ2) is 5.72. The highest BCUT2D eigenvalue weighted by Gasteiger charge is 2.03. The van der Waals surface area contributed by atoms with Gasteiger partial charge in [-0.3, -0.25) is 4.72 Å². The van der Waals surface area contributed by atoms with Gasteiger partial charge in [-0.1, -0.05) is 18.7 Å². The quantitative estimate of drug-likeness (QED) is 0.792. The smallest absolute Gasteiger partial charge is 0.229 e. The molecule has 1 aromatic carbocycles. The van der Waals surface area contributed by atoms with Gasteiger partial charge in [0.05, 0.1) is 18.6 Å². The number of ether oxygens (including phenoxy) is 1. The average molecular weight is 255 g/mol. The second-order valence-electron chi connectivity index (χ2n) is 3.72. The molecule has 0 heterocycles. The van der Waals surface area contributed by atoms with E-state index >= 15 is 0 Å². The molecular weight excluding hydrogens is 238 g/mol. The van der Waals surface area contributed by atoms with E-state index in [9.17, 15) is 8.42 Å². The van der Waals surface area contributed by atoms with Crippen molar-refractivity contribution in [2.75, 3.05) is 17.6 Å². The number of allylic oxidation sites excluding steroid dienone is 1. The van der Waals surface area contributed by atoms with Crippen LogP contribution in [0.25, 0.3) is 0 Å². The van der Waals surface area contributed by atoms with E-state index in [1.165, 1.54) is 0 Å². The van der Waals surface area contributed by atoms with Crippen LogP contribution >= 0.6 is 0 Å². The Bertz CT molecular complexity index is 494. The first kappa shape index (κ1) is 13.6. The fraction of sp³-hybridized carbons (Fsp3) is 0.333. The van der Waals surface area contributed by atoms with Gasteiger partial charge in [-0.2, -0.15) is 0 Å². The summed E-state index contributed by atoms with van der Waals surface area (Å²) in [6.07, 6.45) is 1.70. The third-order valence-electron chi connectivity index (χ3n) is 1.98. The molecule has 1 rings (SSSR count). The van der Waals surface area contributed by atoms with Gasteiger partial charge in [-0.05, 0) is 24.6 Å². The molecule has 0 aliphatic rings. The van der Waals surface area contributed by atoms with Crippen molar-refractivity contribution < 1.29 is 13.2 Å². The van der Waals surface area contributed by atoms with Crippen molar-refractivity contribution in [3.8, 4) is 0 Å². The van der Waals surface area contributed by atoms with Crippen LogP contribution in [0, 0.1) is 0 Å². The molecule has 0 atom stereocenters. The average Bonchev–Trinajstić information content (AvgIpc) is 2.15. The lowest BCUT2D eigenvalue weighted by atomic mass is 10.1.